The highest BCUT2D eigenvalue weighted by molar-refractivity contribution is 7.89. The molecule has 1 heterocycles. The van der Waals surface area contributed by atoms with Gasteiger partial charge in [0.2, 0.25) is 5.91 Å². The molecule has 2 N–H and O–H groups in total. The number of esters is 1. The molecule has 0 unspecified atom stereocenters. The van der Waals surface area contributed by atoms with Crippen LogP contribution < -0.4 is 5.14 Å². The van der Waals surface area contributed by atoms with Gasteiger partial charge in [-0.25, -0.2) is 18.4 Å². The Hall–Kier alpha value is -1.74. The smallest absolute Gasteiger partial charge is 0.342 e. The number of ether oxygens (including phenoxy) is 1. The minimum Gasteiger partial charge on any atom is -0.462 e. The summed E-state index contributed by atoms with van der Waals surface area (Å²) in [7, 11) is -4.25. The van der Waals surface area contributed by atoms with Gasteiger partial charge >= 0.3 is 5.97 Å². The van der Waals surface area contributed by atoms with Gasteiger partial charge in [-0.15, -0.1) is 0 Å². The standard InChI is InChI=1S/C8H11N3O5S/c1-3-16-8(13)6-4-10-11(5(2)12)7(6)17(9,14)15/h4H,3H2,1-2H3,(H2,9,14,15). The first kappa shape index (κ1) is 13.3. The predicted molar refractivity (Wildman–Crippen MR) is 55.9 cm³/mol. The molecule has 9 heteroatoms. The van der Waals surface area contributed by atoms with Gasteiger partial charge in [0.15, 0.2) is 5.03 Å². The Bertz CT molecular complexity index is 560. The van der Waals surface area contributed by atoms with E-state index in [1.807, 2.05) is 0 Å². The maximum absolute atomic E-state index is 11.4. The van der Waals surface area contributed by atoms with Crippen molar-refractivity contribution in [3.8, 4) is 0 Å². The minimum atomic E-state index is -4.25. The van der Waals surface area contributed by atoms with E-state index in [0.29, 0.717) is 4.68 Å². The fourth-order valence-corrected chi connectivity index (χ4v) is 2.04. The van der Waals surface area contributed by atoms with Gasteiger partial charge in [-0.2, -0.15) is 9.78 Å². The van der Waals surface area contributed by atoms with Crippen molar-refractivity contribution < 1.29 is 22.7 Å². The minimum absolute atomic E-state index is 0.0636. The second-order valence-electron chi connectivity index (χ2n) is 3.06. The predicted octanol–water partition coefficient (Wildman–Crippen LogP) is -0.633. The Morgan fingerprint density at radius 3 is 2.53 bits per heavy atom. The number of hydrogen-bond acceptors (Lipinski definition) is 6. The molecule has 94 valence electrons. The highest BCUT2D eigenvalue weighted by Crippen LogP contribution is 2.15. The van der Waals surface area contributed by atoms with E-state index in [1.54, 1.807) is 6.92 Å². The summed E-state index contributed by atoms with van der Waals surface area (Å²) >= 11 is 0. The van der Waals surface area contributed by atoms with Crippen LogP contribution in [0.4, 0.5) is 0 Å². The lowest BCUT2D eigenvalue weighted by molar-refractivity contribution is 0.0521. The maximum atomic E-state index is 11.4. The Kier molecular flexibility index (Phi) is 3.63. The average Bonchev–Trinajstić information content (AvgIpc) is 2.61. The summed E-state index contributed by atoms with van der Waals surface area (Å²) in [5, 5.41) is 7.76. The van der Waals surface area contributed by atoms with E-state index in [4.69, 9.17) is 5.14 Å². The van der Waals surface area contributed by atoms with Crippen LogP contribution in [-0.2, 0) is 14.8 Å². The molecule has 0 radical (unpaired) electrons. The normalized spacial score (nSPS) is 11.2. The van der Waals surface area contributed by atoms with Crippen molar-refractivity contribution in [2.24, 2.45) is 5.14 Å². The van der Waals surface area contributed by atoms with E-state index < -0.39 is 26.9 Å². The van der Waals surface area contributed by atoms with Gasteiger partial charge in [0.05, 0.1) is 12.8 Å². The molecule has 0 amide bonds. The van der Waals surface area contributed by atoms with Crippen molar-refractivity contribution in [2.75, 3.05) is 6.61 Å². The third-order valence-electron chi connectivity index (χ3n) is 1.79. The number of carbonyl (C=O) groups excluding carboxylic acids is 2. The van der Waals surface area contributed by atoms with Crippen molar-refractivity contribution >= 4 is 21.9 Å². The zero-order chi connectivity index (χ0) is 13.2. The molecule has 0 atom stereocenters. The number of carbonyl (C=O) groups is 2. The fraction of sp³-hybridized carbons (Fsp3) is 0.375. The van der Waals surface area contributed by atoms with Gasteiger partial charge < -0.3 is 4.74 Å². The first-order valence-corrected chi connectivity index (χ1v) is 6.12. The van der Waals surface area contributed by atoms with Gasteiger partial charge in [0.25, 0.3) is 10.0 Å². The molecule has 0 bridgehead atoms. The zero-order valence-corrected chi connectivity index (χ0v) is 10.0. The molecule has 0 aliphatic rings. The number of rotatable bonds is 3. The Labute approximate surface area is 97.4 Å². The Balaban J connectivity index is 3.44. The number of aromatic nitrogens is 2. The van der Waals surface area contributed by atoms with E-state index in [9.17, 15) is 18.0 Å². The molecule has 0 saturated heterocycles. The second kappa shape index (κ2) is 4.63. The van der Waals surface area contributed by atoms with Crippen LogP contribution in [0.1, 0.15) is 29.0 Å². The molecule has 0 fully saturated rings. The quantitative estimate of drug-likeness (QED) is 0.723. The monoisotopic (exact) mass is 261 g/mol. The van der Waals surface area contributed by atoms with Crippen LogP contribution in [0.5, 0.6) is 0 Å². The summed E-state index contributed by atoms with van der Waals surface area (Å²) in [6.45, 7) is 2.72. The van der Waals surface area contributed by atoms with Gasteiger partial charge in [-0.3, -0.25) is 4.79 Å². The lowest BCUT2D eigenvalue weighted by Gasteiger charge is -2.04. The number of primary sulfonamides is 1. The molecular weight excluding hydrogens is 250 g/mol. The van der Waals surface area contributed by atoms with Crippen molar-refractivity contribution in [3.05, 3.63) is 11.8 Å². The number of sulfonamides is 1. The highest BCUT2D eigenvalue weighted by atomic mass is 32.2. The van der Waals surface area contributed by atoms with Crippen LogP contribution in [0.25, 0.3) is 0 Å². The van der Waals surface area contributed by atoms with E-state index in [2.05, 4.69) is 9.84 Å². The number of nitrogens with two attached hydrogens (primary N) is 1. The van der Waals surface area contributed by atoms with Crippen LogP contribution in [-0.4, -0.2) is 36.7 Å². The molecule has 0 aliphatic heterocycles. The summed E-state index contributed by atoms with van der Waals surface area (Å²) in [6, 6.07) is 0. The van der Waals surface area contributed by atoms with Gasteiger partial charge in [0.1, 0.15) is 5.56 Å². The Morgan fingerprint density at radius 2 is 2.12 bits per heavy atom. The molecule has 8 nitrogen and oxygen atoms in total. The van der Waals surface area contributed by atoms with Crippen LogP contribution in [0, 0.1) is 0 Å². The third-order valence-corrected chi connectivity index (χ3v) is 2.72. The van der Waals surface area contributed by atoms with Crippen LogP contribution >= 0.6 is 0 Å². The summed E-state index contributed by atoms with van der Waals surface area (Å²) in [5.41, 5.74) is -0.357. The average molecular weight is 261 g/mol. The fourth-order valence-electron chi connectivity index (χ4n) is 1.18. The lowest BCUT2D eigenvalue weighted by Crippen LogP contribution is -2.23. The summed E-state index contributed by atoms with van der Waals surface area (Å²) in [5.74, 6) is -1.58. The van der Waals surface area contributed by atoms with Gasteiger partial charge in [0, 0.05) is 6.92 Å². The topological polar surface area (TPSA) is 121 Å². The van der Waals surface area contributed by atoms with Crippen molar-refractivity contribution in [1.82, 2.24) is 9.78 Å². The van der Waals surface area contributed by atoms with Gasteiger partial charge in [-0.05, 0) is 6.92 Å². The number of hydrogen-bond donors (Lipinski definition) is 1. The van der Waals surface area contributed by atoms with Crippen molar-refractivity contribution in [1.29, 1.82) is 0 Å². The Morgan fingerprint density at radius 1 is 1.53 bits per heavy atom. The van der Waals surface area contributed by atoms with Crippen molar-refractivity contribution in [2.45, 2.75) is 18.9 Å². The van der Waals surface area contributed by atoms with Crippen LogP contribution in [0.15, 0.2) is 11.2 Å². The molecule has 0 aliphatic carbocycles. The maximum Gasteiger partial charge on any atom is 0.342 e. The highest BCUT2D eigenvalue weighted by Gasteiger charge is 2.28. The largest absolute Gasteiger partial charge is 0.462 e. The molecule has 0 aromatic carbocycles. The molecule has 1 rings (SSSR count). The summed E-state index contributed by atoms with van der Waals surface area (Å²) < 4.78 is 27.8. The zero-order valence-electron chi connectivity index (χ0n) is 9.21. The lowest BCUT2D eigenvalue weighted by atomic mass is 10.4. The first-order chi connectivity index (χ1) is 7.79. The van der Waals surface area contributed by atoms with Crippen LogP contribution in [0.3, 0.4) is 0 Å². The SMILES string of the molecule is CCOC(=O)c1cnn(C(C)=O)c1S(N)(=O)=O. The van der Waals surface area contributed by atoms with Crippen LogP contribution in [0.2, 0.25) is 0 Å². The van der Waals surface area contributed by atoms with E-state index in [0.717, 1.165) is 13.1 Å². The summed E-state index contributed by atoms with van der Waals surface area (Å²) in [4.78, 5) is 22.6. The van der Waals surface area contributed by atoms with Crippen molar-refractivity contribution in [3.63, 3.8) is 0 Å². The molecule has 0 saturated carbocycles. The van der Waals surface area contributed by atoms with E-state index in [1.165, 1.54) is 0 Å². The van der Waals surface area contributed by atoms with Gasteiger partial charge in [-0.1, -0.05) is 0 Å². The summed E-state index contributed by atoms with van der Waals surface area (Å²) in [6.07, 6.45) is 0.930. The van der Waals surface area contributed by atoms with E-state index >= 15 is 0 Å². The molecule has 17 heavy (non-hydrogen) atoms. The molecule has 1 aromatic rings. The molecular formula is C8H11N3O5S. The number of nitrogens with zero attached hydrogens (tertiary/aromatic N) is 2. The third kappa shape index (κ3) is 2.68. The second-order valence-corrected chi connectivity index (χ2v) is 4.54. The molecule has 1 aromatic heterocycles. The van der Waals surface area contributed by atoms with E-state index in [-0.39, 0.29) is 12.2 Å². The molecule has 0 spiro atoms. The first-order valence-electron chi connectivity index (χ1n) is 4.58.